The normalized spacial score (nSPS) is 16.7. The van der Waals surface area contributed by atoms with E-state index in [0.717, 1.165) is 31.9 Å². The Morgan fingerprint density at radius 2 is 1.68 bits per heavy atom. The first-order chi connectivity index (χ1) is 19.6. The third-order valence-corrected chi connectivity index (χ3v) is 7.52. The predicted octanol–water partition coefficient (Wildman–Crippen LogP) is 1.41. The molecule has 13 nitrogen and oxygen atoms in total. The Labute approximate surface area is 239 Å². The van der Waals surface area contributed by atoms with Gasteiger partial charge >= 0.3 is 6.09 Å². The zero-order chi connectivity index (χ0) is 29.4. The molecule has 222 valence electrons. The minimum Gasteiger partial charge on any atom is -0.474 e. The highest BCUT2D eigenvalue weighted by molar-refractivity contribution is 7.88. The smallest absolute Gasteiger partial charge is 0.409 e. The van der Waals surface area contributed by atoms with Gasteiger partial charge in [-0.05, 0) is 32.6 Å². The van der Waals surface area contributed by atoms with Gasteiger partial charge in [0.05, 0.1) is 12.9 Å². The second-order valence-electron chi connectivity index (χ2n) is 9.96. The molecule has 1 saturated carbocycles. The molecule has 2 aliphatic rings. The van der Waals surface area contributed by atoms with Gasteiger partial charge in [-0.15, -0.1) is 0 Å². The van der Waals surface area contributed by atoms with Crippen LogP contribution < -0.4 is 14.8 Å². The lowest BCUT2D eigenvalue weighted by Crippen LogP contribution is -2.58. The first-order valence-electron chi connectivity index (χ1n) is 13.7. The minimum absolute atomic E-state index is 0.00834. The number of rotatable bonds is 10. The quantitative estimate of drug-likeness (QED) is 0.418. The Balaban J connectivity index is 1.54. The number of carbonyl (C=O) groups is 3. The Bertz CT molecular complexity index is 1330. The van der Waals surface area contributed by atoms with Crippen molar-refractivity contribution in [1.82, 2.24) is 29.8 Å². The van der Waals surface area contributed by atoms with E-state index >= 15 is 0 Å². The van der Waals surface area contributed by atoms with Gasteiger partial charge in [0.25, 0.3) is 5.91 Å². The Morgan fingerprint density at radius 1 is 1.02 bits per heavy atom. The second kappa shape index (κ2) is 13.7. The number of piperazine rings is 1. The topological polar surface area (TPSA) is 160 Å². The molecule has 0 bridgehead atoms. The molecule has 4 rings (SSSR count). The number of amides is 3. The van der Waals surface area contributed by atoms with Crippen LogP contribution in [-0.4, -0.2) is 104 Å². The number of hydrogen-bond donors (Lipinski definition) is 2. The average molecular weight is 589 g/mol. The summed E-state index contributed by atoms with van der Waals surface area (Å²) >= 11 is 0. The van der Waals surface area contributed by atoms with Crippen LogP contribution in [0.25, 0.3) is 11.4 Å². The molecule has 0 spiro atoms. The third-order valence-electron chi connectivity index (χ3n) is 6.83. The number of aromatic nitrogens is 2. The van der Waals surface area contributed by atoms with Crippen molar-refractivity contribution < 1.29 is 32.3 Å². The lowest BCUT2D eigenvalue weighted by Gasteiger charge is -2.36. The number of nitrogens with one attached hydrogen (secondary N) is 2. The largest absolute Gasteiger partial charge is 0.474 e. The number of carbonyl (C=O) groups excluding carboxylic acids is 3. The molecule has 1 atom stereocenters. The van der Waals surface area contributed by atoms with Crippen molar-refractivity contribution in [2.45, 2.75) is 44.8 Å². The van der Waals surface area contributed by atoms with Crippen LogP contribution in [0.15, 0.2) is 36.4 Å². The van der Waals surface area contributed by atoms with Crippen LogP contribution in [0.2, 0.25) is 0 Å². The standard InChI is InChI=1S/C27H36N6O7S/c1-3-39-27(36)33-15-13-32(14-16-33)26(35)22(18-28-41(2,37)38)30-25(34)21-17-23(40-20-11-7-8-12-20)31-24(29-21)19-9-5-4-6-10-19/h4-6,9-10,17,20,22,28H,3,7-8,11-16,18H2,1-2H3,(H,30,34). The molecule has 2 heterocycles. The molecule has 2 fully saturated rings. The molecule has 1 aliphatic heterocycles. The molecule has 0 radical (unpaired) electrons. The van der Waals surface area contributed by atoms with E-state index in [9.17, 15) is 22.8 Å². The second-order valence-corrected chi connectivity index (χ2v) is 11.8. The predicted molar refractivity (Wildman–Crippen MR) is 150 cm³/mol. The first kappa shape index (κ1) is 30.2. The summed E-state index contributed by atoms with van der Waals surface area (Å²) in [5.41, 5.74) is 0.667. The highest BCUT2D eigenvalue weighted by Gasteiger charge is 2.32. The molecular formula is C27H36N6O7S. The number of ether oxygens (including phenoxy) is 2. The van der Waals surface area contributed by atoms with Gasteiger partial charge in [0.15, 0.2) is 5.82 Å². The molecular weight excluding hydrogens is 552 g/mol. The van der Waals surface area contributed by atoms with E-state index in [-0.39, 0.29) is 57.0 Å². The molecule has 41 heavy (non-hydrogen) atoms. The fraction of sp³-hybridized carbons (Fsp3) is 0.519. The maximum Gasteiger partial charge on any atom is 0.409 e. The molecule has 1 unspecified atom stereocenters. The van der Waals surface area contributed by atoms with E-state index in [4.69, 9.17) is 9.47 Å². The maximum atomic E-state index is 13.5. The van der Waals surface area contributed by atoms with Crippen LogP contribution in [0, 0.1) is 0 Å². The van der Waals surface area contributed by atoms with Crippen LogP contribution >= 0.6 is 0 Å². The Morgan fingerprint density at radius 3 is 2.32 bits per heavy atom. The average Bonchev–Trinajstić information content (AvgIpc) is 3.48. The summed E-state index contributed by atoms with van der Waals surface area (Å²) in [6, 6.07) is 9.35. The van der Waals surface area contributed by atoms with Crippen molar-refractivity contribution in [3.8, 4) is 17.3 Å². The van der Waals surface area contributed by atoms with E-state index in [1.54, 1.807) is 6.92 Å². The van der Waals surface area contributed by atoms with Crippen molar-refractivity contribution in [3.63, 3.8) is 0 Å². The number of sulfonamides is 1. The van der Waals surface area contributed by atoms with Crippen molar-refractivity contribution in [1.29, 1.82) is 0 Å². The van der Waals surface area contributed by atoms with Gasteiger partial charge in [0, 0.05) is 44.4 Å². The van der Waals surface area contributed by atoms with E-state index in [1.165, 1.54) is 15.9 Å². The zero-order valence-corrected chi connectivity index (χ0v) is 24.1. The molecule has 14 heteroatoms. The lowest BCUT2D eigenvalue weighted by molar-refractivity contribution is -0.134. The van der Waals surface area contributed by atoms with Crippen LogP contribution in [0.3, 0.4) is 0 Å². The highest BCUT2D eigenvalue weighted by atomic mass is 32.2. The van der Waals surface area contributed by atoms with Crippen molar-refractivity contribution in [3.05, 3.63) is 42.1 Å². The van der Waals surface area contributed by atoms with Crippen LogP contribution in [0.1, 0.15) is 43.1 Å². The van der Waals surface area contributed by atoms with Gasteiger partial charge in [0.2, 0.25) is 21.8 Å². The zero-order valence-electron chi connectivity index (χ0n) is 23.2. The summed E-state index contributed by atoms with van der Waals surface area (Å²) in [5, 5.41) is 2.65. The minimum atomic E-state index is -3.66. The summed E-state index contributed by atoms with van der Waals surface area (Å²) in [7, 11) is -3.66. The summed E-state index contributed by atoms with van der Waals surface area (Å²) in [5.74, 6) is -0.626. The Hall–Kier alpha value is -3.78. The Kier molecular flexibility index (Phi) is 10.1. The van der Waals surface area contributed by atoms with Gasteiger partial charge < -0.3 is 24.6 Å². The SMILES string of the molecule is CCOC(=O)N1CCN(C(=O)C(CNS(C)(=O)=O)NC(=O)c2cc(OC3CCCC3)nc(-c3ccccc3)n2)CC1. The van der Waals surface area contributed by atoms with Crippen LogP contribution in [0.5, 0.6) is 5.88 Å². The van der Waals surface area contributed by atoms with E-state index in [2.05, 4.69) is 20.0 Å². The van der Waals surface area contributed by atoms with Gasteiger partial charge in [0.1, 0.15) is 17.8 Å². The first-order valence-corrected chi connectivity index (χ1v) is 15.6. The van der Waals surface area contributed by atoms with E-state index < -0.39 is 34.0 Å². The molecule has 1 aromatic heterocycles. The van der Waals surface area contributed by atoms with Gasteiger partial charge in [-0.25, -0.2) is 22.9 Å². The summed E-state index contributed by atoms with van der Waals surface area (Å²) in [6.45, 7) is 2.50. The van der Waals surface area contributed by atoms with Crippen molar-refractivity contribution in [2.24, 2.45) is 0 Å². The van der Waals surface area contributed by atoms with E-state index in [0.29, 0.717) is 11.4 Å². The number of hydrogen-bond acceptors (Lipinski definition) is 9. The van der Waals surface area contributed by atoms with E-state index in [1.807, 2.05) is 30.3 Å². The molecule has 1 aromatic carbocycles. The third kappa shape index (κ3) is 8.60. The maximum absolute atomic E-state index is 13.5. The van der Waals surface area contributed by atoms with Gasteiger partial charge in [-0.3, -0.25) is 9.59 Å². The fourth-order valence-corrected chi connectivity index (χ4v) is 5.18. The highest BCUT2D eigenvalue weighted by Crippen LogP contribution is 2.25. The van der Waals surface area contributed by atoms with Crippen molar-refractivity contribution >= 4 is 27.9 Å². The summed E-state index contributed by atoms with van der Waals surface area (Å²) in [4.78, 5) is 50.9. The molecule has 2 N–H and O–H groups in total. The monoisotopic (exact) mass is 588 g/mol. The fourth-order valence-electron chi connectivity index (χ4n) is 4.71. The molecule has 1 aliphatic carbocycles. The molecule has 3 amide bonds. The molecule has 1 saturated heterocycles. The van der Waals surface area contributed by atoms with Crippen LogP contribution in [0.4, 0.5) is 4.79 Å². The lowest BCUT2D eigenvalue weighted by atomic mass is 10.2. The number of nitrogens with zero attached hydrogens (tertiary/aromatic N) is 4. The number of benzene rings is 1. The van der Waals surface area contributed by atoms with Crippen LogP contribution in [-0.2, 0) is 19.6 Å². The van der Waals surface area contributed by atoms with Crippen molar-refractivity contribution in [2.75, 3.05) is 45.6 Å². The molecule has 2 aromatic rings. The van der Waals surface area contributed by atoms with Gasteiger partial charge in [-0.2, -0.15) is 4.98 Å². The summed E-state index contributed by atoms with van der Waals surface area (Å²) < 4.78 is 37.1. The summed E-state index contributed by atoms with van der Waals surface area (Å²) in [6.07, 6.45) is 4.40. The van der Waals surface area contributed by atoms with Gasteiger partial charge in [-0.1, -0.05) is 30.3 Å².